The summed E-state index contributed by atoms with van der Waals surface area (Å²) in [6, 6.07) is 19.2. The summed E-state index contributed by atoms with van der Waals surface area (Å²) in [6.07, 6.45) is 4.63. The van der Waals surface area contributed by atoms with Crippen molar-refractivity contribution in [1.29, 1.82) is 0 Å². The van der Waals surface area contributed by atoms with Crippen molar-refractivity contribution in [2.24, 2.45) is 0 Å². The zero-order valence-electron chi connectivity index (χ0n) is 19.1. The number of hydrogen-bond donors (Lipinski definition) is 0. The van der Waals surface area contributed by atoms with Crippen molar-refractivity contribution < 1.29 is 42.0 Å². The van der Waals surface area contributed by atoms with Crippen molar-refractivity contribution >= 4 is 40.8 Å². The van der Waals surface area contributed by atoms with Gasteiger partial charge in [-0.15, -0.1) is 35.0 Å². The van der Waals surface area contributed by atoms with Gasteiger partial charge in [-0.3, -0.25) is 0 Å². The van der Waals surface area contributed by atoms with E-state index in [-0.39, 0.29) is 56.3 Å². The van der Waals surface area contributed by atoms with Gasteiger partial charge in [-0.1, -0.05) is 43.4 Å². The van der Waals surface area contributed by atoms with Gasteiger partial charge in [0.2, 0.25) is 0 Å². The molecule has 153 valence electrons. The number of fused-ring (bicyclic) bond motifs is 6. The smallest absolute Gasteiger partial charge is 0.402 e. The molecule has 2 aliphatic rings. The topological polar surface area (TPSA) is 18.5 Å². The third kappa shape index (κ3) is 3.52. The Kier molecular flexibility index (Phi) is 6.45. The Hall–Kier alpha value is -0.991. The van der Waals surface area contributed by atoms with E-state index >= 15 is 0 Å². The number of hydrogen-bond acceptors (Lipinski definition) is 2. The molecule has 1 aliphatic carbocycles. The molecule has 1 heterocycles. The van der Waals surface area contributed by atoms with E-state index in [1.54, 1.807) is 0 Å². The Morgan fingerprint density at radius 2 is 1.13 bits per heavy atom. The minimum Gasteiger partial charge on any atom is -0.402 e. The van der Waals surface area contributed by atoms with Crippen LogP contribution in [0.15, 0.2) is 36.4 Å². The molecular formula is C26H29BO2Y-2. The monoisotopic (exact) mass is 473 g/mol. The first-order valence-electron chi connectivity index (χ1n) is 10.6. The molecule has 5 rings (SSSR count). The molecule has 1 radical (unpaired) electrons. The molecule has 0 unspecified atom stereocenters. The van der Waals surface area contributed by atoms with Gasteiger partial charge in [0, 0.05) is 38.0 Å². The average molecular weight is 473 g/mol. The Balaban J connectivity index is 0.000000830. The predicted octanol–water partition coefficient (Wildman–Crippen LogP) is 5.04. The van der Waals surface area contributed by atoms with Gasteiger partial charge in [0.25, 0.3) is 0 Å². The van der Waals surface area contributed by atoms with Crippen LogP contribution < -0.4 is 10.4 Å². The van der Waals surface area contributed by atoms with Gasteiger partial charge in [-0.2, -0.15) is 24.3 Å². The molecule has 0 atom stereocenters. The Morgan fingerprint density at radius 1 is 0.733 bits per heavy atom. The minimum absolute atomic E-state index is 0. The van der Waals surface area contributed by atoms with Gasteiger partial charge in [0.05, 0.1) is 11.2 Å². The summed E-state index contributed by atoms with van der Waals surface area (Å²) in [5.74, 6) is 0. The molecule has 4 heteroatoms. The molecule has 30 heavy (non-hydrogen) atoms. The van der Waals surface area contributed by atoms with Gasteiger partial charge >= 0.3 is 7.12 Å². The molecule has 3 aromatic carbocycles. The summed E-state index contributed by atoms with van der Waals surface area (Å²) in [5, 5.41) is 6.81. The predicted molar refractivity (Wildman–Crippen MR) is 123 cm³/mol. The Morgan fingerprint density at radius 3 is 1.53 bits per heavy atom. The summed E-state index contributed by atoms with van der Waals surface area (Å²) in [6.45, 7) is 14.6. The van der Waals surface area contributed by atoms with Gasteiger partial charge in [0.1, 0.15) is 0 Å². The average Bonchev–Trinajstić information content (AvgIpc) is 3.18. The van der Waals surface area contributed by atoms with E-state index in [1.165, 1.54) is 21.2 Å². The molecule has 3 aromatic rings. The van der Waals surface area contributed by atoms with Gasteiger partial charge in [-0.05, 0) is 27.7 Å². The van der Waals surface area contributed by atoms with Crippen molar-refractivity contribution in [3.05, 3.63) is 59.0 Å². The van der Waals surface area contributed by atoms with E-state index in [9.17, 15) is 0 Å². The van der Waals surface area contributed by atoms with Crippen LogP contribution in [0.5, 0.6) is 0 Å². The minimum atomic E-state index is -0.344. The zero-order valence-corrected chi connectivity index (χ0v) is 21.9. The zero-order chi connectivity index (χ0) is 21.0. The maximum atomic E-state index is 6.41. The van der Waals surface area contributed by atoms with Crippen LogP contribution in [0.3, 0.4) is 0 Å². The van der Waals surface area contributed by atoms with Crippen LogP contribution in [0.1, 0.15) is 48.5 Å². The van der Waals surface area contributed by atoms with Gasteiger partial charge < -0.3 is 9.31 Å². The van der Waals surface area contributed by atoms with Crippen LogP contribution in [0, 0.1) is 12.1 Å². The van der Waals surface area contributed by atoms with Crippen LogP contribution in [0.4, 0.5) is 0 Å². The van der Waals surface area contributed by atoms with Crippen molar-refractivity contribution in [3.63, 3.8) is 0 Å². The molecule has 0 N–H and O–H groups in total. The number of rotatable bonds is 1. The van der Waals surface area contributed by atoms with E-state index < -0.39 is 0 Å². The molecule has 0 bridgehead atoms. The van der Waals surface area contributed by atoms with Crippen LogP contribution >= 0.6 is 0 Å². The van der Waals surface area contributed by atoms with E-state index in [4.69, 9.17) is 9.31 Å². The molecule has 2 nitrogen and oxygen atoms in total. The fraction of sp³-hybridized carbons (Fsp3) is 0.385. The van der Waals surface area contributed by atoms with E-state index in [0.717, 1.165) is 10.8 Å². The first-order valence-corrected chi connectivity index (χ1v) is 10.6. The fourth-order valence-electron chi connectivity index (χ4n) is 4.23. The fourth-order valence-corrected chi connectivity index (χ4v) is 4.23. The second kappa shape index (κ2) is 8.17. The van der Waals surface area contributed by atoms with E-state index in [1.807, 2.05) is 26.0 Å². The molecule has 1 fully saturated rings. The maximum Gasteiger partial charge on any atom is 0.472 e. The van der Waals surface area contributed by atoms with Crippen LogP contribution in [0.25, 0.3) is 33.7 Å². The molecule has 1 saturated heterocycles. The second-order valence-electron chi connectivity index (χ2n) is 8.99. The van der Waals surface area contributed by atoms with Crippen molar-refractivity contribution in [1.82, 2.24) is 0 Å². The normalized spacial score (nSPS) is 19.9. The van der Waals surface area contributed by atoms with Crippen LogP contribution in [-0.2, 0) is 42.0 Å². The van der Waals surface area contributed by atoms with Gasteiger partial charge in [-0.25, -0.2) is 10.8 Å². The third-order valence-corrected chi connectivity index (χ3v) is 6.50. The first-order chi connectivity index (χ1) is 13.7. The summed E-state index contributed by atoms with van der Waals surface area (Å²) in [5.41, 5.74) is -0.689. The molecule has 0 saturated carbocycles. The molecular weight excluding hydrogens is 444 g/mol. The largest absolute Gasteiger partial charge is 0.472 e. The number of benzene rings is 3. The second-order valence-corrected chi connectivity index (χ2v) is 8.99. The van der Waals surface area contributed by atoms with Crippen molar-refractivity contribution in [2.45, 2.75) is 65.0 Å². The van der Waals surface area contributed by atoms with Crippen molar-refractivity contribution in [3.8, 4) is 0 Å². The molecule has 0 spiro atoms. The summed E-state index contributed by atoms with van der Waals surface area (Å²) >= 11 is 0. The summed E-state index contributed by atoms with van der Waals surface area (Å²) in [4.78, 5) is 0. The van der Waals surface area contributed by atoms with Crippen molar-refractivity contribution in [2.75, 3.05) is 0 Å². The summed E-state index contributed by atoms with van der Waals surface area (Å²) < 4.78 is 12.8. The van der Waals surface area contributed by atoms with Gasteiger partial charge in [0.15, 0.2) is 0 Å². The summed E-state index contributed by atoms with van der Waals surface area (Å²) in [7, 11) is -0.319. The van der Waals surface area contributed by atoms with Crippen LogP contribution in [-0.4, -0.2) is 18.3 Å². The molecule has 0 aromatic heterocycles. The van der Waals surface area contributed by atoms with E-state index in [2.05, 4.69) is 83.2 Å². The quantitative estimate of drug-likeness (QED) is 0.280. The Bertz CT molecular complexity index is 1120. The molecule has 0 amide bonds. The molecule has 1 aliphatic heterocycles. The first kappa shape index (κ1) is 23.7. The van der Waals surface area contributed by atoms with Crippen LogP contribution in [0.2, 0.25) is 5.31 Å². The standard InChI is InChI=1S/C24H23BO2.C2H6.Y/c1-22(2)23(3,4)27-25(26-22)24(5)14-20-18-12-8-6-10-16(18)17-11-7-9-13-19(17)21(20)15-24;1-2;/h6-9,12-15H,1-5H3;1-2H3;/q-2;;. The van der Waals surface area contributed by atoms with E-state index in [0.29, 0.717) is 0 Å². The SMILES string of the molecule is CC.CC1(B2OC(C)(C)C(C)(C)O2)C=c2c(c3ccc[c-]c3c3[c-]cccc23)=C1.[Y]. The maximum absolute atomic E-state index is 6.41. The Labute approximate surface area is 205 Å². The third-order valence-electron chi connectivity index (χ3n) is 6.50.